The molecule has 1 rings (SSSR count). The van der Waals surface area contributed by atoms with E-state index in [2.05, 4.69) is 26.1 Å². The standard InChI is InChI=1S/C12H25NO/c1-4-5-8-14-12(10(2)3)9-13-11-6-7-11/h10-13H,4-9H2,1-3H3. The van der Waals surface area contributed by atoms with E-state index in [0.29, 0.717) is 12.0 Å². The van der Waals surface area contributed by atoms with Crippen molar-refractivity contribution < 1.29 is 4.74 Å². The van der Waals surface area contributed by atoms with Gasteiger partial charge in [0.05, 0.1) is 6.10 Å². The highest BCUT2D eigenvalue weighted by molar-refractivity contribution is 4.82. The molecule has 1 aliphatic carbocycles. The van der Waals surface area contributed by atoms with Gasteiger partial charge in [-0.2, -0.15) is 0 Å². The number of hydrogen-bond donors (Lipinski definition) is 1. The number of unbranched alkanes of at least 4 members (excludes halogenated alkanes) is 1. The van der Waals surface area contributed by atoms with Crippen molar-refractivity contribution in [2.75, 3.05) is 13.2 Å². The molecule has 0 aliphatic heterocycles. The van der Waals surface area contributed by atoms with Crippen molar-refractivity contribution in [2.45, 2.75) is 58.6 Å². The van der Waals surface area contributed by atoms with Crippen molar-refractivity contribution in [3.05, 3.63) is 0 Å². The Morgan fingerprint density at radius 1 is 1.36 bits per heavy atom. The van der Waals surface area contributed by atoms with Gasteiger partial charge in [0.25, 0.3) is 0 Å². The average molecular weight is 199 g/mol. The van der Waals surface area contributed by atoms with Crippen molar-refractivity contribution in [2.24, 2.45) is 5.92 Å². The number of rotatable bonds is 8. The Kier molecular flexibility index (Phi) is 5.49. The molecule has 0 bridgehead atoms. The Morgan fingerprint density at radius 3 is 2.57 bits per heavy atom. The second-order valence-electron chi connectivity index (χ2n) is 4.69. The lowest BCUT2D eigenvalue weighted by Crippen LogP contribution is -2.34. The SMILES string of the molecule is CCCCOC(CNC1CC1)C(C)C. The van der Waals surface area contributed by atoms with Crippen LogP contribution in [0, 0.1) is 5.92 Å². The first-order valence-corrected chi connectivity index (χ1v) is 6.09. The monoisotopic (exact) mass is 199 g/mol. The van der Waals surface area contributed by atoms with Crippen LogP contribution < -0.4 is 5.32 Å². The third-order valence-electron chi connectivity index (χ3n) is 2.76. The summed E-state index contributed by atoms with van der Waals surface area (Å²) in [5, 5.41) is 3.54. The molecule has 0 aromatic heterocycles. The summed E-state index contributed by atoms with van der Waals surface area (Å²) >= 11 is 0. The van der Waals surface area contributed by atoms with E-state index in [4.69, 9.17) is 4.74 Å². The smallest absolute Gasteiger partial charge is 0.0722 e. The number of nitrogens with one attached hydrogen (secondary N) is 1. The van der Waals surface area contributed by atoms with Crippen LogP contribution >= 0.6 is 0 Å². The summed E-state index contributed by atoms with van der Waals surface area (Å²) in [5.41, 5.74) is 0. The van der Waals surface area contributed by atoms with E-state index in [0.717, 1.165) is 19.2 Å². The van der Waals surface area contributed by atoms with Gasteiger partial charge in [-0.05, 0) is 25.2 Å². The molecule has 84 valence electrons. The topological polar surface area (TPSA) is 21.3 Å². The molecule has 1 unspecified atom stereocenters. The largest absolute Gasteiger partial charge is 0.377 e. The number of ether oxygens (including phenoxy) is 1. The maximum absolute atomic E-state index is 5.86. The molecule has 0 amide bonds. The second kappa shape index (κ2) is 6.41. The maximum Gasteiger partial charge on any atom is 0.0722 e. The Hall–Kier alpha value is -0.0800. The first kappa shape index (κ1) is 12.0. The molecule has 1 fully saturated rings. The van der Waals surface area contributed by atoms with Crippen molar-refractivity contribution in [1.29, 1.82) is 0 Å². The van der Waals surface area contributed by atoms with Crippen LogP contribution in [0.25, 0.3) is 0 Å². The van der Waals surface area contributed by atoms with Crippen LogP contribution in [0.5, 0.6) is 0 Å². The summed E-state index contributed by atoms with van der Waals surface area (Å²) < 4.78 is 5.86. The van der Waals surface area contributed by atoms with E-state index < -0.39 is 0 Å². The van der Waals surface area contributed by atoms with Crippen molar-refractivity contribution in [3.8, 4) is 0 Å². The molecule has 0 aromatic carbocycles. The fourth-order valence-corrected chi connectivity index (χ4v) is 1.44. The van der Waals surface area contributed by atoms with Gasteiger partial charge in [-0.3, -0.25) is 0 Å². The molecule has 0 heterocycles. The van der Waals surface area contributed by atoms with Gasteiger partial charge in [0.2, 0.25) is 0 Å². The van der Waals surface area contributed by atoms with Gasteiger partial charge < -0.3 is 10.1 Å². The zero-order valence-corrected chi connectivity index (χ0v) is 9.88. The Labute approximate surface area is 88.4 Å². The van der Waals surface area contributed by atoms with Gasteiger partial charge in [0, 0.05) is 19.2 Å². The second-order valence-corrected chi connectivity index (χ2v) is 4.69. The predicted octanol–water partition coefficient (Wildman–Crippen LogP) is 2.58. The third kappa shape index (κ3) is 4.97. The molecular formula is C12H25NO. The molecule has 0 radical (unpaired) electrons. The zero-order valence-electron chi connectivity index (χ0n) is 9.88. The van der Waals surface area contributed by atoms with Gasteiger partial charge in [-0.1, -0.05) is 27.2 Å². The van der Waals surface area contributed by atoms with Crippen molar-refractivity contribution >= 4 is 0 Å². The van der Waals surface area contributed by atoms with Crippen LogP contribution in [0.3, 0.4) is 0 Å². The highest BCUT2D eigenvalue weighted by atomic mass is 16.5. The van der Waals surface area contributed by atoms with Crippen molar-refractivity contribution in [3.63, 3.8) is 0 Å². The lowest BCUT2D eigenvalue weighted by atomic mass is 10.1. The summed E-state index contributed by atoms with van der Waals surface area (Å²) in [6.07, 6.45) is 5.54. The molecule has 1 aliphatic rings. The average Bonchev–Trinajstić information content (AvgIpc) is 2.94. The lowest BCUT2D eigenvalue weighted by Gasteiger charge is -2.22. The molecule has 2 nitrogen and oxygen atoms in total. The van der Waals surface area contributed by atoms with E-state index in [1.165, 1.54) is 25.7 Å². The Morgan fingerprint density at radius 2 is 2.07 bits per heavy atom. The minimum Gasteiger partial charge on any atom is -0.377 e. The summed E-state index contributed by atoms with van der Waals surface area (Å²) in [5.74, 6) is 0.623. The van der Waals surface area contributed by atoms with E-state index in [-0.39, 0.29) is 0 Å². The lowest BCUT2D eigenvalue weighted by molar-refractivity contribution is 0.0212. The summed E-state index contributed by atoms with van der Waals surface area (Å²) in [7, 11) is 0. The Balaban J connectivity index is 2.09. The molecule has 2 heteroatoms. The summed E-state index contributed by atoms with van der Waals surface area (Å²) in [4.78, 5) is 0. The van der Waals surface area contributed by atoms with E-state index >= 15 is 0 Å². The van der Waals surface area contributed by atoms with Crippen molar-refractivity contribution in [1.82, 2.24) is 5.32 Å². The van der Waals surface area contributed by atoms with Gasteiger partial charge in [0.1, 0.15) is 0 Å². The van der Waals surface area contributed by atoms with Gasteiger partial charge in [0.15, 0.2) is 0 Å². The van der Waals surface area contributed by atoms with Crippen LogP contribution in [0.15, 0.2) is 0 Å². The van der Waals surface area contributed by atoms with Crippen LogP contribution in [-0.2, 0) is 4.74 Å². The highest BCUT2D eigenvalue weighted by Gasteiger charge is 2.23. The van der Waals surface area contributed by atoms with Crippen LogP contribution in [0.2, 0.25) is 0 Å². The molecule has 14 heavy (non-hydrogen) atoms. The van der Waals surface area contributed by atoms with Gasteiger partial charge in [-0.15, -0.1) is 0 Å². The van der Waals surface area contributed by atoms with E-state index in [9.17, 15) is 0 Å². The molecule has 0 spiro atoms. The minimum absolute atomic E-state index is 0.405. The number of hydrogen-bond acceptors (Lipinski definition) is 2. The van der Waals surface area contributed by atoms with Gasteiger partial charge in [-0.25, -0.2) is 0 Å². The summed E-state index contributed by atoms with van der Waals surface area (Å²) in [6, 6.07) is 0.797. The molecule has 1 N–H and O–H groups in total. The molecular weight excluding hydrogens is 174 g/mol. The van der Waals surface area contributed by atoms with E-state index in [1.54, 1.807) is 0 Å². The fraction of sp³-hybridized carbons (Fsp3) is 1.00. The first-order chi connectivity index (χ1) is 6.74. The Bertz CT molecular complexity index is 143. The zero-order chi connectivity index (χ0) is 10.4. The normalized spacial score (nSPS) is 18.9. The first-order valence-electron chi connectivity index (χ1n) is 6.09. The highest BCUT2D eigenvalue weighted by Crippen LogP contribution is 2.19. The van der Waals surface area contributed by atoms with Crippen LogP contribution in [0.4, 0.5) is 0 Å². The fourth-order valence-electron chi connectivity index (χ4n) is 1.44. The van der Waals surface area contributed by atoms with Gasteiger partial charge >= 0.3 is 0 Å². The molecule has 0 saturated heterocycles. The summed E-state index contributed by atoms with van der Waals surface area (Å²) in [6.45, 7) is 8.64. The minimum atomic E-state index is 0.405. The van der Waals surface area contributed by atoms with Crippen LogP contribution in [-0.4, -0.2) is 25.3 Å². The predicted molar refractivity (Wildman–Crippen MR) is 60.5 cm³/mol. The molecule has 1 atom stereocenters. The molecule has 0 aromatic rings. The molecule has 1 saturated carbocycles. The van der Waals surface area contributed by atoms with Crippen LogP contribution in [0.1, 0.15) is 46.5 Å². The third-order valence-corrected chi connectivity index (χ3v) is 2.76. The maximum atomic E-state index is 5.86. The quantitative estimate of drug-likeness (QED) is 0.607. The van der Waals surface area contributed by atoms with E-state index in [1.807, 2.05) is 0 Å².